The monoisotopic (exact) mass is 261 g/mol. The number of hydrogen-bond acceptors (Lipinski definition) is 2. The first-order chi connectivity index (χ1) is 7.49. The number of hydrogen-bond donors (Lipinski definition) is 2. The zero-order valence-corrected chi connectivity index (χ0v) is 10.3. The molecule has 0 aliphatic heterocycles. The minimum Gasteiger partial charge on any atom is -0.481 e. The van der Waals surface area contributed by atoms with E-state index < -0.39 is 5.97 Å². The largest absolute Gasteiger partial charge is 0.481 e. The molecule has 0 fully saturated rings. The van der Waals surface area contributed by atoms with Crippen LogP contribution < -0.4 is 5.32 Å². The molecule has 16 heavy (non-hydrogen) atoms. The molecule has 1 unspecified atom stereocenters. The maximum absolute atomic E-state index is 10.6. The van der Waals surface area contributed by atoms with E-state index in [1.54, 1.807) is 25.1 Å². The number of nitrogens with one attached hydrogen (secondary N) is 1. The Morgan fingerprint density at radius 3 is 2.44 bits per heavy atom. The third-order valence-corrected chi connectivity index (χ3v) is 2.63. The van der Waals surface area contributed by atoms with Gasteiger partial charge in [-0.15, -0.1) is 0 Å². The second kappa shape index (κ2) is 5.97. The van der Waals surface area contributed by atoms with E-state index >= 15 is 0 Å². The van der Waals surface area contributed by atoms with Gasteiger partial charge >= 0.3 is 5.97 Å². The molecule has 88 valence electrons. The van der Waals surface area contributed by atoms with Gasteiger partial charge in [0, 0.05) is 22.3 Å². The molecule has 0 aliphatic carbocycles. The fourth-order valence-corrected chi connectivity index (χ4v) is 1.74. The Kier molecular flexibility index (Phi) is 4.90. The van der Waals surface area contributed by atoms with Gasteiger partial charge in [-0.2, -0.15) is 0 Å². The van der Waals surface area contributed by atoms with E-state index in [1.807, 2.05) is 0 Å². The lowest BCUT2D eigenvalue weighted by molar-refractivity contribution is -0.141. The second-order valence-electron chi connectivity index (χ2n) is 3.61. The molecule has 2 N–H and O–H groups in total. The summed E-state index contributed by atoms with van der Waals surface area (Å²) in [6.07, 6.45) is 0.555. The quantitative estimate of drug-likeness (QED) is 0.853. The van der Waals surface area contributed by atoms with Crippen molar-refractivity contribution in [1.82, 2.24) is 0 Å². The molecule has 3 nitrogen and oxygen atoms in total. The second-order valence-corrected chi connectivity index (χ2v) is 4.49. The molecule has 0 saturated heterocycles. The average Bonchev–Trinajstić information content (AvgIpc) is 2.15. The first-order valence-electron chi connectivity index (χ1n) is 4.92. The van der Waals surface area contributed by atoms with Crippen molar-refractivity contribution in [1.29, 1.82) is 0 Å². The predicted octanol–water partition coefficient (Wildman–Crippen LogP) is 3.52. The van der Waals surface area contributed by atoms with Crippen molar-refractivity contribution in [2.75, 3.05) is 11.9 Å². The number of rotatable bonds is 5. The summed E-state index contributed by atoms with van der Waals surface area (Å²) < 4.78 is 0. The Bertz CT molecular complexity index is 362. The smallest absolute Gasteiger partial charge is 0.306 e. The van der Waals surface area contributed by atoms with Gasteiger partial charge in [0.15, 0.2) is 0 Å². The van der Waals surface area contributed by atoms with Crippen molar-refractivity contribution in [3.63, 3.8) is 0 Å². The van der Waals surface area contributed by atoms with Crippen molar-refractivity contribution in [3.05, 3.63) is 28.2 Å². The summed E-state index contributed by atoms with van der Waals surface area (Å²) in [6, 6.07) is 5.14. The molecule has 1 aromatic rings. The first-order valence-corrected chi connectivity index (χ1v) is 5.67. The van der Waals surface area contributed by atoms with Crippen molar-refractivity contribution in [3.8, 4) is 0 Å². The van der Waals surface area contributed by atoms with Crippen LogP contribution in [0.25, 0.3) is 0 Å². The van der Waals surface area contributed by atoms with Crippen molar-refractivity contribution >= 4 is 34.9 Å². The van der Waals surface area contributed by atoms with Crippen LogP contribution in [0.3, 0.4) is 0 Å². The Morgan fingerprint density at radius 1 is 1.38 bits per heavy atom. The summed E-state index contributed by atoms with van der Waals surface area (Å²) in [6.45, 7) is 2.25. The predicted molar refractivity (Wildman–Crippen MR) is 66.4 cm³/mol. The Hall–Kier alpha value is -0.930. The van der Waals surface area contributed by atoms with Gasteiger partial charge in [0.2, 0.25) is 0 Å². The summed E-state index contributed by atoms with van der Waals surface area (Å²) in [4.78, 5) is 10.6. The van der Waals surface area contributed by atoms with E-state index in [2.05, 4.69) is 5.32 Å². The van der Waals surface area contributed by atoms with E-state index in [4.69, 9.17) is 28.3 Å². The van der Waals surface area contributed by atoms with Crippen LogP contribution >= 0.6 is 23.2 Å². The maximum atomic E-state index is 10.6. The molecule has 0 spiro atoms. The highest BCUT2D eigenvalue weighted by molar-refractivity contribution is 6.35. The van der Waals surface area contributed by atoms with Crippen molar-refractivity contribution in [2.45, 2.75) is 13.3 Å². The molecule has 0 amide bonds. The van der Waals surface area contributed by atoms with E-state index in [1.165, 1.54) is 0 Å². The van der Waals surface area contributed by atoms with Gasteiger partial charge in [0.25, 0.3) is 0 Å². The van der Waals surface area contributed by atoms with Crippen LogP contribution in [-0.4, -0.2) is 17.6 Å². The minimum absolute atomic E-state index is 0.359. The minimum atomic E-state index is -0.786. The zero-order valence-electron chi connectivity index (χ0n) is 8.84. The Balaban J connectivity index is 2.46. The summed E-state index contributed by atoms with van der Waals surface area (Å²) in [5.74, 6) is -1.15. The highest BCUT2D eigenvalue weighted by atomic mass is 35.5. The van der Waals surface area contributed by atoms with Gasteiger partial charge in [-0.05, 0) is 24.6 Å². The van der Waals surface area contributed by atoms with Crippen LogP contribution in [0, 0.1) is 5.92 Å². The van der Waals surface area contributed by atoms with Crippen LogP contribution in [0.15, 0.2) is 18.2 Å². The van der Waals surface area contributed by atoms with E-state index in [0.717, 1.165) is 5.69 Å². The van der Waals surface area contributed by atoms with Crippen LogP contribution in [-0.2, 0) is 4.79 Å². The molecule has 0 radical (unpaired) electrons. The average molecular weight is 262 g/mol. The number of halogens is 2. The molecule has 1 aromatic carbocycles. The van der Waals surface area contributed by atoms with Gasteiger partial charge in [-0.1, -0.05) is 30.1 Å². The Labute approximate surface area is 104 Å². The fourth-order valence-electron chi connectivity index (χ4n) is 1.21. The molecule has 5 heteroatoms. The van der Waals surface area contributed by atoms with E-state index in [0.29, 0.717) is 23.0 Å². The summed E-state index contributed by atoms with van der Waals surface area (Å²) >= 11 is 11.6. The molecule has 1 atom stereocenters. The zero-order chi connectivity index (χ0) is 12.1. The fraction of sp³-hybridized carbons (Fsp3) is 0.364. The summed E-state index contributed by atoms with van der Waals surface area (Å²) in [7, 11) is 0. The molecular formula is C11H13Cl2NO2. The van der Waals surface area contributed by atoms with Crippen LogP contribution in [0.4, 0.5) is 5.69 Å². The molecule has 0 bridgehead atoms. The SMILES string of the molecule is CC(CCNc1cc(Cl)cc(Cl)c1)C(=O)O. The lowest BCUT2D eigenvalue weighted by Gasteiger charge is -2.09. The summed E-state index contributed by atoms with van der Waals surface area (Å²) in [5, 5.41) is 12.9. The van der Waals surface area contributed by atoms with Gasteiger partial charge in [0.1, 0.15) is 0 Å². The van der Waals surface area contributed by atoms with Crippen molar-refractivity contribution in [2.24, 2.45) is 5.92 Å². The molecule has 1 rings (SSSR count). The normalized spacial score (nSPS) is 12.2. The molecule has 0 aromatic heterocycles. The van der Waals surface area contributed by atoms with Gasteiger partial charge in [-0.3, -0.25) is 4.79 Å². The number of aliphatic carboxylic acids is 1. The lowest BCUT2D eigenvalue weighted by atomic mass is 10.1. The number of anilines is 1. The van der Waals surface area contributed by atoms with E-state index in [-0.39, 0.29) is 5.92 Å². The van der Waals surface area contributed by atoms with Crippen LogP contribution in [0.1, 0.15) is 13.3 Å². The number of carbonyl (C=O) groups is 1. The Morgan fingerprint density at radius 2 is 1.94 bits per heavy atom. The number of benzene rings is 1. The van der Waals surface area contributed by atoms with E-state index in [9.17, 15) is 4.79 Å². The topological polar surface area (TPSA) is 49.3 Å². The van der Waals surface area contributed by atoms with Crippen LogP contribution in [0.5, 0.6) is 0 Å². The maximum Gasteiger partial charge on any atom is 0.306 e. The van der Waals surface area contributed by atoms with Crippen molar-refractivity contribution < 1.29 is 9.90 Å². The molecule has 0 aliphatic rings. The molecule has 0 saturated carbocycles. The molecule has 0 heterocycles. The standard InChI is InChI=1S/C11H13Cl2NO2/c1-7(11(15)16)2-3-14-10-5-8(12)4-9(13)6-10/h4-7,14H,2-3H2,1H3,(H,15,16). The number of carboxylic acids is 1. The number of carboxylic acid groups (broad SMARTS) is 1. The van der Waals surface area contributed by atoms with Gasteiger partial charge in [0.05, 0.1) is 5.92 Å². The summed E-state index contributed by atoms with van der Waals surface area (Å²) in [5.41, 5.74) is 0.801. The first kappa shape index (κ1) is 13.1. The molecular weight excluding hydrogens is 249 g/mol. The van der Waals surface area contributed by atoms with Crippen LogP contribution in [0.2, 0.25) is 10.0 Å². The van der Waals surface area contributed by atoms with Gasteiger partial charge < -0.3 is 10.4 Å². The third kappa shape index (κ3) is 4.29. The highest BCUT2D eigenvalue weighted by Crippen LogP contribution is 2.22. The third-order valence-electron chi connectivity index (χ3n) is 2.19. The van der Waals surface area contributed by atoms with Gasteiger partial charge in [-0.25, -0.2) is 0 Å². The highest BCUT2D eigenvalue weighted by Gasteiger charge is 2.09. The lowest BCUT2D eigenvalue weighted by Crippen LogP contribution is -2.14.